The Bertz CT molecular complexity index is 633. The second kappa shape index (κ2) is 12.1. The van der Waals surface area contributed by atoms with Gasteiger partial charge < -0.3 is 0 Å². The van der Waals surface area contributed by atoms with E-state index in [9.17, 15) is 0 Å². The van der Waals surface area contributed by atoms with E-state index in [-0.39, 0.29) is 0 Å². The van der Waals surface area contributed by atoms with Crippen molar-refractivity contribution in [3.8, 4) is 0 Å². The topological polar surface area (TPSA) is 0 Å². The van der Waals surface area contributed by atoms with E-state index in [0.717, 1.165) is 47.8 Å². The summed E-state index contributed by atoms with van der Waals surface area (Å²) < 4.78 is 0. The number of hydrogen-bond acceptors (Lipinski definition) is 0. The molecule has 3 aliphatic rings. The van der Waals surface area contributed by atoms with E-state index in [2.05, 4.69) is 45.0 Å². The Morgan fingerprint density at radius 3 is 1.50 bits per heavy atom. The number of rotatable bonds is 8. The van der Waals surface area contributed by atoms with Crippen molar-refractivity contribution >= 4 is 0 Å². The maximum Gasteiger partial charge on any atom is -0.0188 e. The Morgan fingerprint density at radius 1 is 0.625 bits per heavy atom. The molecule has 0 aromatic heterocycles. The number of hydrogen-bond donors (Lipinski definition) is 0. The summed E-state index contributed by atoms with van der Waals surface area (Å²) >= 11 is 0. The minimum atomic E-state index is 0.727. The molecule has 4 rings (SSSR count). The predicted octanol–water partition coefficient (Wildman–Crippen LogP) is 9.96. The molecule has 0 radical (unpaired) electrons. The molecule has 0 aliphatic heterocycles. The third-order valence-electron chi connectivity index (χ3n) is 10.3. The van der Waals surface area contributed by atoms with E-state index in [1.807, 2.05) is 0 Å². The Labute approximate surface area is 200 Å². The van der Waals surface area contributed by atoms with Crippen molar-refractivity contribution in [1.82, 2.24) is 0 Å². The summed E-state index contributed by atoms with van der Waals surface area (Å²) in [6, 6.07) is 9.47. The van der Waals surface area contributed by atoms with Crippen molar-refractivity contribution in [1.29, 1.82) is 0 Å². The summed E-state index contributed by atoms with van der Waals surface area (Å²) in [7, 11) is 0. The Kier molecular flexibility index (Phi) is 9.19. The molecule has 0 heteroatoms. The smallest absolute Gasteiger partial charge is 0.0188 e. The van der Waals surface area contributed by atoms with Gasteiger partial charge in [0.2, 0.25) is 0 Å². The van der Waals surface area contributed by atoms with Crippen molar-refractivity contribution in [2.24, 2.45) is 35.5 Å². The van der Waals surface area contributed by atoms with E-state index in [4.69, 9.17) is 0 Å². The molecule has 0 heterocycles. The second-order valence-corrected chi connectivity index (χ2v) is 12.3. The van der Waals surface area contributed by atoms with Crippen molar-refractivity contribution < 1.29 is 0 Å². The average molecular weight is 437 g/mol. The molecule has 1 atom stereocenters. The van der Waals surface area contributed by atoms with Gasteiger partial charge in [0.25, 0.3) is 0 Å². The summed E-state index contributed by atoms with van der Waals surface area (Å²) in [6.07, 6.45) is 24.0. The first kappa shape index (κ1) is 24.3. The summed E-state index contributed by atoms with van der Waals surface area (Å²) in [5.74, 6) is 7.08. The first-order valence-electron chi connectivity index (χ1n) is 14.7. The highest BCUT2D eigenvalue weighted by Gasteiger charge is 2.34. The van der Waals surface area contributed by atoms with E-state index < -0.39 is 0 Å². The first-order chi connectivity index (χ1) is 15.7. The fourth-order valence-corrected chi connectivity index (χ4v) is 8.06. The van der Waals surface area contributed by atoms with Crippen LogP contribution in [-0.4, -0.2) is 0 Å². The van der Waals surface area contributed by atoms with E-state index in [1.54, 1.807) is 56.9 Å². The standard InChI is InChI=1S/C32H52/c1-4-6-26-9-15-29(16-10-26)31-19-21-32(22-20-31)30-17-11-27(12-18-30)23-24(3)28-13-7-25(5-2)8-14-28/h7-8,13-14,24,26-27,29-32H,4-6,9-12,15-23H2,1-3H3/t24-,26?,27?,29?,30?,31?,32?/m1/s1. The van der Waals surface area contributed by atoms with Gasteiger partial charge in [0.05, 0.1) is 0 Å². The lowest BCUT2D eigenvalue weighted by atomic mass is 9.64. The van der Waals surface area contributed by atoms with Crippen LogP contribution in [0.3, 0.4) is 0 Å². The maximum atomic E-state index is 2.46. The minimum absolute atomic E-state index is 0.727. The van der Waals surface area contributed by atoms with Crippen LogP contribution < -0.4 is 0 Å². The molecule has 0 nitrogen and oxygen atoms in total. The van der Waals surface area contributed by atoms with Crippen LogP contribution in [0.2, 0.25) is 0 Å². The quantitative estimate of drug-likeness (QED) is 0.380. The number of aryl methyl sites for hydroxylation is 1. The Morgan fingerprint density at radius 2 is 1.06 bits per heavy atom. The average Bonchev–Trinajstić information content (AvgIpc) is 2.85. The molecule has 0 amide bonds. The van der Waals surface area contributed by atoms with Crippen molar-refractivity contribution in [3.63, 3.8) is 0 Å². The van der Waals surface area contributed by atoms with Gasteiger partial charge in [-0.3, -0.25) is 0 Å². The van der Waals surface area contributed by atoms with Gasteiger partial charge in [-0.2, -0.15) is 0 Å². The van der Waals surface area contributed by atoms with Crippen LogP contribution in [-0.2, 0) is 6.42 Å². The fraction of sp³-hybridized carbons (Fsp3) is 0.812. The van der Waals surface area contributed by atoms with Crippen LogP contribution in [0.5, 0.6) is 0 Å². The van der Waals surface area contributed by atoms with Crippen molar-refractivity contribution in [3.05, 3.63) is 35.4 Å². The maximum absolute atomic E-state index is 2.46. The van der Waals surface area contributed by atoms with Gasteiger partial charge in [-0.15, -0.1) is 0 Å². The lowest BCUT2D eigenvalue weighted by molar-refractivity contribution is 0.102. The summed E-state index contributed by atoms with van der Waals surface area (Å²) in [5.41, 5.74) is 3.03. The summed E-state index contributed by atoms with van der Waals surface area (Å²) in [6.45, 7) is 7.08. The molecule has 1 aromatic carbocycles. The van der Waals surface area contributed by atoms with Crippen molar-refractivity contribution in [2.75, 3.05) is 0 Å². The Balaban J connectivity index is 1.15. The zero-order chi connectivity index (χ0) is 22.3. The third-order valence-corrected chi connectivity index (χ3v) is 10.3. The van der Waals surface area contributed by atoms with E-state index >= 15 is 0 Å². The summed E-state index contributed by atoms with van der Waals surface area (Å²) in [4.78, 5) is 0. The largest absolute Gasteiger partial charge is 0.0654 e. The fourth-order valence-electron chi connectivity index (χ4n) is 8.06. The molecule has 0 unspecified atom stereocenters. The molecule has 0 spiro atoms. The zero-order valence-electron chi connectivity index (χ0n) is 21.7. The lowest BCUT2D eigenvalue weighted by Gasteiger charge is -2.41. The SMILES string of the molecule is CCCC1CCC(C2CCC(C3CCC(C[C@@H](C)c4ccc(CC)cc4)CC3)CC2)CC1. The second-order valence-electron chi connectivity index (χ2n) is 12.3. The van der Waals surface area contributed by atoms with Gasteiger partial charge in [-0.05, 0) is 117 Å². The minimum Gasteiger partial charge on any atom is -0.0654 e. The van der Waals surface area contributed by atoms with Crippen LogP contribution in [0.1, 0.15) is 134 Å². The molecule has 3 saturated carbocycles. The van der Waals surface area contributed by atoms with E-state index in [1.165, 1.54) is 50.5 Å². The van der Waals surface area contributed by atoms with Crippen LogP contribution >= 0.6 is 0 Å². The predicted molar refractivity (Wildman–Crippen MR) is 140 cm³/mol. The molecule has 0 bridgehead atoms. The van der Waals surface area contributed by atoms with Gasteiger partial charge in [-0.1, -0.05) is 83.6 Å². The molecule has 32 heavy (non-hydrogen) atoms. The molecule has 1 aromatic rings. The molecule has 3 aliphatic carbocycles. The van der Waals surface area contributed by atoms with Crippen LogP contribution in [0, 0.1) is 35.5 Å². The van der Waals surface area contributed by atoms with Gasteiger partial charge in [0, 0.05) is 0 Å². The van der Waals surface area contributed by atoms with Gasteiger partial charge in [0.1, 0.15) is 0 Å². The van der Waals surface area contributed by atoms with Crippen molar-refractivity contribution in [2.45, 2.75) is 129 Å². The van der Waals surface area contributed by atoms with Gasteiger partial charge in [0.15, 0.2) is 0 Å². The van der Waals surface area contributed by atoms with Crippen LogP contribution in [0.15, 0.2) is 24.3 Å². The monoisotopic (exact) mass is 436 g/mol. The van der Waals surface area contributed by atoms with Gasteiger partial charge >= 0.3 is 0 Å². The zero-order valence-corrected chi connectivity index (χ0v) is 21.7. The van der Waals surface area contributed by atoms with Crippen LogP contribution in [0.25, 0.3) is 0 Å². The molecular formula is C32H52. The molecule has 180 valence electrons. The Hall–Kier alpha value is -0.780. The normalized spacial score (nSPS) is 34.8. The summed E-state index contributed by atoms with van der Waals surface area (Å²) in [5, 5.41) is 0. The third kappa shape index (κ3) is 6.42. The molecule has 0 saturated heterocycles. The number of benzene rings is 1. The molecule has 3 fully saturated rings. The van der Waals surface area contributed by atoms with E-state index in [0.29, 0.717) is 0 Å². The van der Waals surface area contributed by atoms with Gasteiger partial charge in [-0.25, -0.2) is 0 Å². The molecular weight excluding hydrogens is 384 g/mol. The molecule has 0 N–H and O–H groups in total. The lowest BCUT2D eigenvalue weighted by Crippen LogP contribution is -2.30. The highest BCUT2D eigenvalue weighted by atomic mass is 14.4. The van der Waals surface area contributed by atoms with Crippen LogP contribution in [0.4, 0.5) is 0 Å². The highest BCUT2D eigenvalue weighted by molar-refractivity contribution is 5.25. The first-order valence-corrected chi connectivity index (χ1v) is 14.7. The highest BCUT2D eigenvalue weighted by Crippen LogP contribution is 2.47.